The molecule has 1 saturated carbocycles. The predicted octanol–water partition coefficient (Wildman–Crippen LogP) is 7.42. The third-order valence-corrected chi connectivity index (χ3v) is 6.80. The molecule has 29 heavy (non-hydrogen) atoms. The third kappa shape index (κ3) is 4.27. The van der Waals surface area contributed by atoms with Crippen LogP contribution < -0.4 is 5.73 Å². The summed E-state index contributed by atoms with van der Waals surface area (Å²) in [6, 6.07) is 27.2. The summed E-state index contributed by atoms with van der Waals surface area (Å²) in [6.45, 7) is 0. The van der Waals surface area contributed by atoms with Crippen LogP contribution in [0.3, 0.4) is 0 Å². The smallest absolute Gasteiger partial charge is 0.0937 e. The van der Waals surface area contributed by atoms with Crippen molar-refractivity contribution in [3.8, 4) is 0 Å². The van der Waals surface area contributed by atoms with E-state index in [1.165, 1.54) is 50.5 Å². The van der Waals surface area contributed by atoms with E-state index >= 15 is 0 Å². The second kappa shape index (κ2) is 9.15. The van der Waals surface area contributed by atoms with Gasteiger partial charge in [0.05, 0.1) is 5.54 Å². The SMILES string of the molecule is NC(c1ccccc1)(c1ccc(C2CCCCCCC2)cc1)c1ccccc1Cl. The van der Waals surface area contributed by atoms with Crippen LogP contribution in [-0.4, -0.2) is 0 Å². The summed E-state index contributed by atoms with van der Waals surface area (Å²) in [6.07, 6.45) is 9.44. The van der Waals surface area contributed by atoms with E-state index in [2.05, 4.69) is 36.4 Å². The molecule has 3 aromatic rings. The molecule has 2 heteroatoms. The summed E-state index contributed by atoms with van der Waals surface area (Å²) in [5.74, 6) is 0.675. The van der Waals surface area contributed by atoms with Crippen LogP contribution in [0.15, 0.2) is 78.9 Å². The number of rotatable bonds is 4. The number of nitrogens with two attached hydrogens (primary N) is 1. The lowest BCUT2D eigenvalue weighted by molar-refractivity contribution is 0.455. The summed E-state index contributed by atoms with van der Waals surface area (Å²) in [7, 11) is 0. The summed E-state index contributed by atoms with van der Waals surface area (Å²) in [4.78, 5) is 0. The van der Waals surface area contributed by atoms with Crippen molar-refractivity contribution in [2.75, 3.05) is 0 Å². The van der Waals surface area contributed by atoms with Gasteiger partial charge in [-0.25, -0.2) is 0 Å². The zero-order valence-electron chi connectivity index (χ0n) is 17.0. The average molecular weight is 404 g/mol. The van der Waals surface area contributed by atoms with E-state index in [0.29, 0.717) is 10.9 Å². The standard InChI is InChI=1S/C27H30ClN/c28-26-16-10-9-15-25(26)27(29,23-13-7-4-8-14-23)24-19-17-22(18-20-24)21-11-5-2-1-3-6-12-21/h4,7-10,13-21H,1-3,5-6,11-12,29H2. The van der Waals surface area contributed by atoms with Crippen LogP contribution >= 0.6 is 11.6 Å². The second-order valence-electron chi connectivity index (χ2n) is 8.32. The van der Waals surface area contributed by atoms with Crippen LogP contribution in [0, 0.1) is 0 Å². The topological polar surface area (TPSA) is 26.0 Å². The number of halogens is 1. The van der Waals surface area contributed by atoms with Gasteiger partial charge in [-0.05, 0) is 47.1 Å². The summed E-state index contributed by atoms with van der Waals surface area (Å²) in [5, 5.41) is 0.697. The van der Waals surface area contributed by atoms with Gasteiger partial charge in [-0.15, -0.1) is 0 Å². The van der Waals surface area contributed by atoms with Gasteiger partial charge in [0.1, 0.15) is 0 Å². The van der Waals surface area contributed by atoms with Gasteiger partial charge in [0, 0.05) is 5.02 Å². The molecule has 0 amide bonds. The number of hydrogen-bond acceptors (Lipinski definition) is 1. The van der Waals surface area contributed by atoms with Crippen LogP contribution in [0.25, 0.3) is 0 Å². The lowest BCUT2D eigenvalue weighted by Gasteiger charge is -2.33. The highest BCUT2D eigenvalue weighted by molar-refractivity contribution is 6.31. The maximum absolute atomic E-state index is 7.15. The Kier molecular flexibility index (Phi) is 6.37. The molecule has 0 spiro atoms. The van der Waals surface area contributed by atoms with Crippen molar-refractivity contribution in [3.63, 3.8) is 0 Å². The number of hydrogen-bond donors (Lipinski definition) is 1. The monoisotopic (exact) mass is 403 g/mol. The maximum atomic E-state index is 7.15. The van der Waals surface area contributed by atoms with Gasteiger partial charge in [0.25, 0.3) is 0 Å². The van der Waals surface area contributed by atoms with Crippen LogP contribution in [-0.2, 0) is 5.54 Å². The Balaban J connectivity index is 1.73. The molecule has 0 bridgehead atoms. The van der Waals surface area contributed by atoms with Gasteiger partial charge in [0.2, 0.25) is 0 Å². The normalized spacial score (nSPS) is 17.9. The fourth-order valence-corrected chi connectivity index (χ4v) is 5.05. The van der Waals surface area contributed by atoms with Crippen molar-refractivity contribution in [2.45, 2.75) is 56.4 Å². The van der Waals surface area contributed by atoms with E-state index in [1.807, 2.05) is 42.5 Å². The minimum absolute atomic E-state index is 0.675. The van der Waals surface area contributed by atoms with Crippen LogP contribution in [0.1, 0.15) is 73.1 Å². The Hall–Kier alpha value is -2.09. The first-order chi connectivity index (χ1) is 14.2. The van der Waals surface area contributed by atoms with Crippen LogP contribution in [0.2, 0.25) is 5.02 Å². The van der Waals surface area contributed by atoms with Crippen molar-refractivity contribution in [3.05, 3.63) is 106 Å². The molecule has 0 heterocycles. The minimum atomic E-state index is -0.779. The fraction of sp³-hybridized carbons (Fsp3) is 0.333. The molecule has 4 rings (SSSR count). The highest BCUT2D eigenvalue weighted by Gasteiger charge is 2.33. The second-order valence-corrected chi connectivity index (χ2v) is 8.73. The summed E-state index contributed by atoms with van der Waals surface area (Å²) in [5.41, 5.74) is 10.9. The van der Waals surface area contributed by atoms with Gasteiger partial charge in [0.15, 0.2) is 0 Å². The zero-order chi connectivity index (χ0) is 20.1. The van der Waals surface area contributed by atoms with Gasteiger partial charge < -0.3 is 5.73 Å². The molecule has 0 saturated heterocycles. The molecule has 0 aromatic heterocycles. The number of benzene rings is 3. The first-order valence-electron chi connectivity index (χ1n) is 10.9. The van der Waals surface area contributed by atoms with E-state index < -0.39 is 5.54 Å². The van der Waals surface area contributed by atoms with E-state index in [1.54, 1.807) is 0 Å². The molecule has 3 aromatic carbocycles. The highest BCUT2D eigenvalue weighted by Crippen LogP contribution is 2.39. The van der Waals surface area contributed by atoms with Gasteiger partial charge in [-0.2, -0.15) is 0 Å². The molecule has 1 atom stereocenters. The predicted molar refractivity (Wildman–Crippen MR) is 123 cm³/mol. The molecule has 2 N–H and O–H groups in total. The van der Waals surface area contributed by atoms with Gasteiger partial charge in [-0.1, -0.05) is 117 Å². The molecular weight excluding hydrogens is 374 g/mol. The molecule has 150 valence electrons. The first kappa shape index (κ1) is 20.2. The highest BCUT2D eigenvalue weighted by atomic mass is 35.5. The molecule has 1 unspecified atom stereocenters. The zero-order valence-corrected chi connectivity index (χ0v) is 17.7. The lowest BCUT2D eigenvalue weighted by Crippen LogP contribution is -2.39. The quantitative estimate of drug-likeness (QED) is 0.450. The Morgan fingerprint density at radius 3 is 1.86 bits per heavy atom. The molecule has 1 aliphatic rings. The van der Waals surface area contributed by atoms with E-state index in [-0.39, 0.29) is 0 Å². The molecule has 0 radical (unpaired) electrons. The van der Waals surface area contributed by atoms with E-state index in [4.69, 9.17) is 17.3 Å². The van der Waals surface area contributed by atoms with Gasteiger partial charge >= 0.3 is 0 Å². The largest absolute Gasteiger partial charge is 0.314 e. The van der Waals surface area contributed by atoms with Crippen molar-refractivity contribution in [1.82, 2.24) is 0 Å². The van der Waals surface area contributed by atoms with Crippen LogP contribution in [0.4, 0.5) is 0 Å². The van der Waals surface area contributed by atoms with Crippen LogP contribution in [0.5, 0.6) is 0 Å². The molecule has 1 nitrogen and oxygen atoms in total. The molecular formula is C27H30ClN. The molecule has 1 fully saturated rings. The molecule has 1 aliphatic carbocycles. The van der Waals surface area contributed by atoms with E-state index in [9.17, 15) is 0 Å². The summed E-state index contributed by atoms with van der Waals surface area (Å²) >= 11 is 6.62. The fourth-order valence-electron chi connectivity index (χ4n) is 4.77. The lowest BCUT2D eigenvalue weighted by atomic mass is 9.77. The summed E-state index contributed by atoms with van der Waals surface area (Å²) < 4.78 is 0. The Morgan fingerprint density at radius 1 is 0.655 bits per heavy atom. The Bertz CT molecular complexity index is 911. The average Bonchev–Trinajstić information content (AvgIpc) is 2.74. The van der Waals surface area contributed by atoms with Crippen molar-refractivity contribution < 1.29 is 0 Å². The van der Waals surface area contributed by atoms with Crippen molar-refractivity contribution in [1.29, 1.82) is 0 Å². The van der Waals surface area contributed by atoms with Crippen molar-refractivity contribution in [2.24, 2.45) is 5.73 Å². The first-order valence-corrected chi connectivity index (χ1v) is 11.3. The van der Waals surface area contributed by atoms with Crippen molar-refractivity contribution >= 4 is 11.6 Å². The third-order valence-electron chi connectivity index (χ3n) is 6.47. The Labute approximate surface area is 179 Å². The Morgan fingerprint density at radius 2 is 1.21 bits per heavy atom. The van der Waals surface area contributed by atoms with Gasteiger partial charge in [-0.3, -0.25) is 0 Å². The van der Waals surface area contributed by atoms with E-state index in [0.717, 1.165) is 16.7 Å². The molecule has 0 aliphatic heterocycles. The maximum Gasteiger partial charge on any atom is 0.0937 e. The minimum Gasteiger partial charge on any atom is -0.314 e.